The van der Waals surface area contributed by atoms with Crippen molar-refractivity contribution in [3.05, 3.63) is 47.3 Å². The number of amides is 1. The Hall–Kier alpha value is -4.27. The van der Waals surface area contributed by atoms with E-state index in [4.69, 9.17) is 33.2 Å². The summed E-state index contributed by atoms with van der Waals surface area (Å²) in [4.78, 5) is 98.8. The van der Waals surface area contributed by atoms with E-state index in [0.29, 0.717) is 83.5 Å². The Bertz CT molecular complexity index is 2170. The van der Waals surface area contributed by atoms with Crippen molar-refractivity contribution in [2.45, 2.75) is 205 Å². The number of Topliss-reactive ketones (excluding diaryl/α,β-unsaturated/α-hetero) is 4. The zero-order chi connectivity index (χ0) is 56.6. The fraction of sp³-hybridized carbons (Fsp3) is 0.746. The number of carbonyl (C=O) groups is 7. The summed E-state index contributed by atoms with van der Waals surface area (Å²) in [6.07, 6.45) is 9.40. The van der Waals surface area contributed by atoms with Crippen LogP contribution in [0.4, 0.5) is 0 Å². The Labute approximate surface area is 455 Å². The molecule has 5 aliphatic rings. The third kappa shape index (κ3) is 17.1. The van der Waals surface area contributed by atoms with Crippen LogP contribution >= 0.6 is 0 Å². The SMILES string of the molecule is CO[C@H]1C[C@@H]2CC[C@@H](C)[C@@](O)(O2)C(=O)C(=O)N2CCCC3[C@H]2C(=O)O[C@@H](CC(=O)C/C(OC(=O)CCCCCC(C)=O)=C(\C)[C@@H](O)[C@@H](OC)C(=O)[C@H](C)C[C@H](C)/C=C/C=C/C=C/1C)[C@H]3C[C@@H]1CC[C@@H](OCCO)[C@H](OC)C1. The molecule has 4 fully saturated rings. The molecule has 18 nitrogen and oxygen atoms in total. The van der Waals surface area contributed by atoms with Crippen LogP contribution in [-0.4, -0.2) is 157 Å². The van der Waals surface area contributed by atoms with Gasteiger partial charge in [0, 0.05) is 71.3 Å². The number of hydrogen-bond acceptors (Lipinski definition) is 17. The lowest BCUT2D eigenvalue weighted by molar-refractivity contribution is -0.266. The van der Waals surface area contributed by atoms with Gasteiger partial charge in [-0.3, -0.25) is 24.0 Å². The standard InChI is InChI=1S/C59H89NO17/c1-35-17-12-10-13-18-36(2)47(71-7)34-43-24-22-38(4)59(70,77-43)56(67)57(68)60-26-16-20-44-45(30-41-23-25-46(74-28-27-61)50(31-41)72-8)49(76-58(69)52(44)60)33-42(63)32-48(75-51(64)21-15-11-14-19-39(5)62)40(6)54(66)55(73-9)53(65)37(3)29-35/h10,12-13,17-18,35,37-38,41,43-47,49-50,52,54-55,61,66,70H,11,14-16,19-34H2,1-9H3/b13-10+,17-12+,36-18+,48-40-/t35-,37-,38-,41+,43+,44?,45+,46-,47+,49+,50-,52+,54-,55+,59-/m1/s1. The number of aliphatic hydroxyl groups excluding tert-OH is 2. The van der Waals surface area contributed by atoms with Gasteiger partial charge in [-0.05, 0) is 120 Å². The highest BCUT2D eigenvalue weighted by atomic mass is 16.6. The second-order valence-corrected chi connectivity index (χ2v) is 22.5. The van der Waals surface area contributed by atoms with Crippen LogP contribution < -0.4 is 0 Å². The molecule has 3 N–H and O–H groups in total. The summed E-state index contributed by atoms with van der Waals surface area (Å²) in [7, 11) is 4.46. The maximum absolute atomic E-state index is 14.7. The van der Waals surface area contributed by atoms with Gasteiger partial charge in [-0.2, -0.15) is 0 Å². The molecule has 3 saturated heterocycles. The van der Waals surface area contributed by atoms with E-state index in [1.807, 2.05) is 44.2 Å². The third-order valence-electron chi connectivity index (χ3n) is 16.7. The second kappa shape index (κ2) is 30.4. The van der Waals surface area contributed by atoms with E-state index < -0.39 is 108 Å². The average Bonchev–Trinajstić information content (AvgIpc) is 3.41. The van der Waals surface area contributed by atoms with Crippen LogP contribution in [0.15, 0.2) is 47.3 Å². The molecular weight excluding hydrogens is 995 g/mol. The van der Waals surface area contributed by atoms with Gasteiger partial charge in [-0.25, -0.2) is 4.79 Å². The molecule has 4 aliphatic heterocycles. The molecule has 77 heavy (non-hydrogen) atoms. The largest absolute Gasteiger partial charge is 0.460 e. The van der Waals surface area contributed by atoms with Gasteiger partial charge in [-0.1, -0.05) is 57.6 Å². The van der Waals surface area contributed by atoms with Gasteiger partial charge < -0.3 is 58.2 Å². The van der Waals surface area contributed by atoms with Crippen molar-refractivity contribution >= 4 is 41.0 Å². The molecule has 1 saturated carbocycles. The number of methoxy groups -OCH3 is 3. The van der Waals surface area contributed by atoms with Crippen molar-refractivity contribution in [1.82, 2.24) is 4.90 Å². The number of rotatable bonds is 15. The van der Waals surface area contributed by atoms with Gasteiger partial charge >= 0.3 is 11.9 Å². The molecule has 432 valence electrons. The summed E-state index contributed by atoms with van der Waals surface area (Å²) < 4.78 is 41.7. The number of piperidine rings is 1. The first-order valence-electron chi connectivity index (χ1n) is 28.1. The summed E-state index contributed by atoms with van der Waals surface area (Å²) in [5.41, 5.74) is 0.884. The molecule has 1 unspecified atom stereocenters. The molecule has 18 heteroatoms. The predicted octanol–water partition coefficient (Wildman–Crippen LogP) is 6.58. The summed E-state index contributed by atoms with van der Waals surface area (Å²) in [5, 5.41) is 33.6. The Kier molecular flexibility index (Phi) is 25.1. The smallest absolute Gasteiger partial charge is 0.329 e. The highest BCUT2D eigenvalue weighted by Gasteiger charge is 2.57. The van der Waals surface area contributed by atoms with E-state index in [9.17, 15) is 48.9 Å². The van der Waals surface area contributed by atoms with Crippen LogP contribution in [0.5, 0.6) is 0 Å². The molecule has 1 amide bonds. The topological polar surface area (TPSA) is 248 Å². The third-order valence-corrected chi connectivity index (χ3v) is 16.7. The van der Waals surface area contributed by atoms with Gasteiger partial charge in [0.15, 0.2) is 5.78 Å². The average molecular weight is 1080 g/mol. The normalized spacial score (nSPS) is 37.2. The van der Waals surface area contributed by atoms with Gasteiger partial charge in [-0.15, -0.1) is 0 Å². The lowest BCUT2D eigenvalue weighted by Gasteiger charge is -2.50. The van der Waals surface area contributed by atoms with Crippen LogP contribution in [0.1, 0.15) is 151 Å². The number of hydrogen-bond donors (Lipinski definition) is 3. The molecule has 15 atom stereocenters. The molecule has 6 bridgehead atoms. The highest BCUT2D eigenvalue weighted by molar-refractivity contribution is 6.39. The van der Waals surface area contributed by atoms with Crippen LogP contribution in [-0.2, 0) is 66.7 Å². The van der Waals surface area contributed by atoms with E-state index in [-0.39, 0.29) is 80.2 Å². The van der Waals surface area contributed by atoms with Crippen molar-refractivity contribution in [1.29, 1.82) is 0 Å². The quantitative estimate of drug-likeness (QED) is 0.0890. The summed E-state index contributed by atoms with van der Waals surface area (Å²) in [6, 6.07) is -1.22. The van der Waals surface area contributed by atoms with Gasteiger partial charge in [0.05, 0.1) is 44.1 Å². The van der Waals surface area contributed by atoms with Crippen LogP contribution in [0, 0.1) is 35.5 Å². The Morgan fingerprint density at radius 3 is 2.29 bits per heavy atom. The minimum Gasteiger partial charge on any atom is -0.460 e. The predicted molar refractivity (Wildman–Crippen MR) is 283 cm³/mol. The number of unbranched alkanes of at least 4 members (excludes halogenated alkanes) is 2. The van der Waals surface area contributed by atoms with E-state index in [1.165, 1.54) is 25.9 Å². The fourth-order valence-corrected chi connectivity index (χ4v) is 12.2. The number of esters is 2. The number of fused-ring (bicyclic) bond motifs is 3. The first-order chi connectivity index (χ1) is 36.7. The minimum absolute atomic E-state index is 0.0196. The van der Waals surface area contributed by atoms with E-state index in [1.54, 1.807) is 28.1 Å². The summed E-state index contributed by atoms with van der Waals surface area (Å²) in [6.45, 7) is 10.3. The van der Waals surface area contributed by atoms with Gasteiger partial charge in [0.2, 0.25) is 5.79 Å². The highest BCUT2D eigenvalue weighted by Crippen LogP contribution is 2.46. The van der Waals surface area contributed by atoms with Crippen molar-refractivity contribution in [2.75, 3.05) is 41.1 Å². The van der Waals surface area contributed by atoms with Crippen molar-refractivity contribution in [2.24, 2.45) is 35.5 Å². The van der Waals surface area contributed by atoms with Crippen LogP contribution in [0.2, 0.25) is 0 Å². The second-order valence-electron chi connectivity index (χ2n) is 22.5. The molecule has 0 spiro atoms. The minimum atomic E-state index is -2.49. The van der Waals surface area contributed by atoms with Gasteiger partial charge in [0.25, 0.3) is 11.7 Å². The first-order valence-corrected chi connectivity index (χ1v) is 28.1. The number of nitrogens with zero attached hydrogens (tertiary/aromatic N) is 1. The molecule has 0 radical (unpaired) electrons. The lowest BCUT2D eigenvalue weighted by Crippen LogP contribution is -2.65. The van der Waals surface area contributed by atoms with Crippen molar-refractivity contribution in [3.8, 4) is 0 Å². The molecule has 0 aromatic heterocycles. The number of aliphatic hydroxyl groups is 3. The molecule has 4 heterocycles. The molecule has 5 rings (SSSR count). The Morgan fingerprint density at radius 2 is 1.60 bits per heavy atom. The van der Waals surface area contributed by atoms with Gasteiger partial charge in [0.1, 0.15) is 41.7 Å². The molecule has 0 aromatic carbocycles. The Morgan fingerprint density at radius 1 is 0.857 bits per heavy atom. The summed E-state index contributed by atoms with van der Waals surface area (Å²) in [5.74, 6) is -9.77. The number of carbonyl (C=O) groups excluding carboxylic acids is 7. The zero-order valence-electron chi connectivity index (χ0n) is 47.1. The maximum Gasteiger partial charge on any atom is 0.329 e. The molecule has 0 aromatic rings. The number of allylic oxidation sites excluding steroid dienone is 6. The lowest BCUT2D eigenvalue weighted by atomic mass is 9.68. The maximum atomic E-state index is 14.7. The first kappa shape index (κ1) is 63.6. The number of ketones is 4. The molecular formula is C59H89NO17. The zero-order valence-corrected chi connectivity index (χ0v) is 47.1. The fourth-order valence-electron chi connectivity index (χ4n) is 12.2. The van der Waals surface area contributed by atoms with E-state index >= 15 is 0 Å². The Balaban J connectivity index is 1.55. The molecule has 1 aliphatic carbocycles. The van der Waals surface area contributed by atoms with Crippen molar-refractivity contribution < 1.29 is 82.0 Å². The van der Waals surface area contributed by atoms with E-state index in [2.05, 4.69) is 0 Å². The monoisotopic (exact) mass is 1080 g/mol. The van der Waals surface area contributed by atoms with Crippen LogP contribution in [0.25, 0.3) is 0 Å². The number of ether oxygens (including phenoxy) is 7. The van der Waals surface area contributed by atoms with E-state index in [0.717, 1.165) is 5.57 Å². The van der Waals surface area contributed by atoms with Crippen molar-refractivity contribution in [3.63, 3.8) is 0 Å². The summed E-state index contributed by atoms with van der Waals surface area (Å²) >= 11 is 0. The van der Waals surface area contributed by atoms with Crippen LogP contribution in [0.3, 0.4) is 0 Å².